The molecule has 0 bridgehead atoms. The first-order valence-corrected chi connectivity index (χ1v) is 11.7. The van der Waals surface area contributed by atoms with E-state index < -0.39 is 21.7 Å². The first-order valence-electron chi connectivity index (χ1n) is 10.2. The number of amides is 1. The van der Waals surface area contributed by atoms with Crippen molar-refractivity contribution in [3.8, 4) is 17.0 Å². The summed E-state index contributed by atoms with van der Waals surface area (Å²) in [5.41, 5.74) is 1.17. The molecule has 0 aliphatic rings. The summed E-state index contributed by atoms with van der Waals surface area (Å²) in [4.78, 5) is 17.3. The van der Waals surface area contributed by atoms with Crippen LogP contribution in [0.1, 0.15) is 16.1 Å². The van der Waals surface area contributed by atoms with Crippen molar-refractivity contribution >= 4 is 27.0 Å². The Kier molecular flexibility index (Phi) is 6.57. The molecule has 2 N–H and O–H groups in total. The predicted molar refractivity (Wildman–Crippen MR) is 122 cm³/mol. The Balaban J connectivity index is 1.49. The van der Waals surface area contributed by atoms with Crippen LogP contribution in [0.15, 0.2) is 64.0 Å². The molecule has 2 heterocycles. The lowest BCUT2D eigenvalue weighted by Gasteiger charge is -2.10. The molecule has 2 aromatic carbocycles. The largest absolute Gasteiger partial charge is 0.497 e. The molecule has 0 saturated heterocycles. The van der Waals surface area contributed by atoms with Crippen molar-refractivity contribution in [2.75, 3.05) is 20.2 Å². The number of rotatable bonds is 8. The standard InChI is InChI=1S/C23H21FN4O5S/c1-14-21-18(13-20(27-23(21)33-28-14)17-5-3-4-6-19(17)24)22(29)25-11-12-26-34(30,31)16-9-7-15(32-2)8-10-16/h3-10,13,26H,11-12H2,1-2H3,(H,25,29). The molecule has 2 aromatic heterocycles. The molecule has 0 atom stereocenters. The Labute approximate surface area is 195 Å². The van der Waals surface area contributed by atoms with E-state index in [-0.39, 0.29) is 40.5 Å². The molecule has 9 nitrogen and oxygen atoms in total. The maximum Gasteiger partial charge on any atom is 0.259 e. The third-order valence-electron chi connectivity index (χ3n) is 5.08. The summed E-state index contributed by atoms with van der Waals surface area (Å²) >= 11 is 0. The summed E-state index contributed by atoms with van der Waals surface area (Å²) in [5, 5.41) is 6.93. The lowest BCUT2D eigenvalue weighted by Crippen LogP contribution is -2.34. The van der Waals surface area contributed by atoms with E-state index in [0.29, 0.717) is 16.8 Å². The molecule has 1 amide bonds. The number of sulfonamides is 1. The van der Waals surface area contributed by atoms with Crippen molar-refractivity contribution in [3.63, 3.8) is 0 Å². The highest BCUT2D eigenvalue weighted by Crippen LogP contribution is 2.28. The monoisotopic (exact) mass is 484 g/mol. The topological polar surface area (TPSA) is 123 Å². The molecule has 176 valence electrons. The lowest BCUT2D eigenvalue weighted by atomic mass is 10.0. The van der Waals surface area contributed by atoms with Gasteiger partial charge in [0.05, 0.1) is 34.3 Å². The van der Waals surface area contributed by atoms with E-state index in [0.717, 1.165) is 0 Å². The minimum Gasteiger partial charge on any atom is -0.497 e. The van der Waals surface area contributed by atoms with Gasteiger partial charge in [0.1, 0.15) is 11.6 Å². The van der Waals surface area contributed by atoms with Crippen LogP contribution in [0.5, 0.6) is 5.75 Å². The van der Waals surface area contributed by atoms with Crippen LogP contribution in [0, 0.1) is 12.7 Å². The van der Waals surface area contributed by atoms with E-state index in [1.165, 1.54) is 31.4 Å². The number of carbonyl (C=O) groups excluding carboxylic acids is 1. The van der Waals surface area contributed by atoms with E-state index in [1.54, 1.807) is 37.3 Å². The van der Waals surface area contributed by atoms with Gasteiger partial charge in [0.25, 0.3) is 11.6 Å². The first kappa shape index (κ1) is 23.3. The Morgan fingerprint density at radius 3 is 2.56 bits per heavy atom. The predicted octanol–water partition coefficient (Wildman–Crippen LogP) is 3.05. The van der Waals surface area contributed by atoms with Crippen molar-refractivity contribution in [3.05, 3.63) is 71.7 Å². The number of benzene rings is 2. The van der Waals surface area contributed by atoms with Crippen molar-refractivity contribution in [2.24, 2.45) is 0 Å². The van der Waals surface area contributed by atoms with Crippen molar-refractivity contribution in [1.29, 1.82) is 0 Å². The Morgan fingerprint density at radius 2 is 1.85 bits per heavy atom. The molecule has 0 fully saturated rings. The summed E-state index contributed by atoms with van der Waals surface area (Å²) in [5.74, 6) is -0.460. The molecule has 4 aromatic rings. The van der Waals surface area contributed by atoms with E-state index >= 15 is 0 Å². The zero-order valence-electron chi connectivity index (χ0n) is 18.3. The number of halogens is 1. The minimum atomic E-state index is -3.76. The normalized spacial score (nSPS) is 11.5. The number of pyridine rings is 1. The molecule has 11 heteroatoms. The molecular weight excluding hydrogens is 463 g/mol. The smallest absolute Gasteiger partial charge is 0.259 e. The van der Waals surface area contributed by atoms with Gasteiger partial charge in [-0.3, -0.25) is 4.79 Å². The van der Waals surface area contributed by atoms with Gasteiger partial charge in [0.2, 0.25) is 10.0 Å². The third-order valence-corrected chi connectivity index (χ3v) is 6.56. The molecule has 0 radical (unpaired) electrons. The van der Waals surface area contributed by atoms with Gasteiger partial charge in [0, 0.05) is 18.7 Å². The number of aryl methyl sites for hydroxylation is 1. The van der Waals surface area contributed by atoms with Crippen LogP contribution in [0.3, 0.4) is 0 Å². The zero-order chi connectivity index (χ0) is 24.3. The van der Waals surface area contributed by atoms with Gasteiger partial charge in [-0.25, -0.2) is 22.5 Å². The van der Waals surface area contributed by atoms with E-state index in [1.807, 2.05) is 0 Å². The minimum absolute atomic E-state index is 0.0113. The number of hydrogen-bond acceptors (Lipinski definition) is 7. The highest BCUT2D eigenvalue weighted by atomic mass is 32.2. The average Bonchev–Trinajstić information content (AvgIpc) is 3.22. The number of nitrogens with zero attached hydrogens (tertiary/aromatic N) is 2. The second-order valence-corrected chi connectivity index (χ2v) is 9.08. The van der Waals surface area contributed by atoms with Crippen LogP contribution >= 0.6 is 0 Å². The van der Waals surface area contributed by atoms with Crippen LogP contribution in [-0.2, 0) is 10.0 Å². The van der Waals surface area contributed by atoms with Crippen LogP contribution in [0.4, 0.5) is 4.39 Å². The number of carbonyl (C=O) groups is 1. The molecule has 34 heavy (non-hydrogen) atoms. The van der Waals surface area contributed by atoms with Crippen LogP contribution in [0.25, 0.3) is 22.4 Å². The first-order chi connectivity index (χ1) is 16.3. The summed E-state index contributed by atoms with van der Waals surface area (Å²) < 4.78 is 51.8. The number of methoxy groups -OCH3 is 1. The van der Waals surface area contributed by atoms with Gasteiger partial charge in [-0.05, 0) is 49.4 Å². The summed E-state index contributed by atoms with van der Waals surface area (Å²) in [6, 6.07) is 13.4. The molecule has 0 spiro atoms. The fraction of sp³-hybridized carbons (Fsp3) is 0.174. The van der Waals surface area contributed by atoms with Crippen molar-refractivity contribution in [1.82, 2.24) is 20.2 Å². The van der Waals surface area contributed by atoms with E-state index in [9.17, 15) is 17.6 Å². The second-order valence-electron chi connectivity index (χ2n) is 7.31. The highest BCUT2D eigenvalue weighted by molar-refractivity contribution is 7.89. The zero-order valence-corrected chi connectivity index (χ0v) is 19.1. The van der Waals surface area contributed by atoms with Crippen LogP contribution in [0.2, 0.25) is 0 Å². The number of nitrogens with one attached hydrogen (secondary N) is 2. The number of aromatic nitrogens is 2. The summed E-state index contributed by atoms with van der Waals surface area (Å²) in [6.45, 7) is 1.63. The number of ether oxygens (including phenoxy) is 1. The van der Waals surface area contributed by atoms with Gasteiger partial charge in [0.15, 0.2) is 0 Å². The SMILES string of the molecule is COc1ccc(S(=O)(=O)NCCNC(=O)c2cc(-c3ccccc3F)nc3onc(C)c23)cc1. The fourth-order valence-electron chi connectivity index (χ4n) is 3.38. The molecular formula is C23H21FN4O5S. The number of hydrogen-bond donors (Lipinski definition) is 2. The van der Waals surface area contributed by atoms with Gasteiger partial charge in [-0.2, -0.15) is 0 Å². The summed E-state index contributed by atoms with van der Waals surface area (Å²) in [7, 11) is -2.27. The van der Waals surface area contributed by atoms with Gasteiger partial charge in [-0.1, -0.05) is 17.3 Å². The number of fused-ring (bicyclic) bond motifs is 1. The maximum absolute atomic E-state index is 14.3. The van der Waals surface area contributed by atoms with Gasteiger partial charge in [-0.15, -0.1) is 0 Å². The Bertz CT molecular complexity index is 1450. The summed E-state index contributed by atoms with van der Waals surface area (Å²) in [6.07, 6.45) is 0. The van der Waals surface area contributed by atoms with Crippen molar-refractivity contribution < 1.29 is 26.9 Å². The fourth-order valence-corrected chi connectivity index (χ4v) is 4.41. The maximum atomic E-state index is 14.3. The van der Waals surface area contributed by atoms with Gasteiger partial charge < -0.3 is 14.6 Å². The van der Waals surface area contributed by atoms with Crippen molar-refractivity contribution in [2.45, 2.75) is 11.8 Å². The second kappa shape index (κ2) is 9.57. The van der Waals surface area contributed by atoms with Crippen LogP contribution < -0.4 is 14.8 Å². The molecule has 0 aliphatic carbocycles. The van der Waals surface area contributed by atoms with E-state index in [4.69, 9.17) is 9.26 Å². The highest BCUT2D eigenvalue weighted by Gasteiger charge is 2.20. The molecule has 4 rings (SSSR count). The van der Waals surface area contributed by atoms with Crippen LogP contribution in [-0.4, -0.2) is 44.7 Å². The molecule has 0 unspecified atom stereocenters. The molecule has 0 saturated carbocycles. The quantitative estimate of drug-likeness (QED) is 0.369. The van der Waals surface area contributed by atoms with Gasteiger partial charge >= 0.3 is 0 Å². The van der Waals surface area contributed by atoms with E-state index in [2.05, 4.69) is 20.2 Å². The Morgan fingerprint density at radius 1 is 1.12 bits per heavy atom. The third kappa shape index (κ3) is 4.75. The average molecular weight is 485 g/mol. The lowest BCUT2D eigenvalue weighted by molar-refractivity contribution is 0.0956. The molecule has 0 aliphatic heterocycles. The Hall–Kier alpha value is -3.83.